The molecule has 0 aliphatic heterocycles. The predicted molar refractivity (Wildman–Crippen MR) is 47.6 cm³/mol. The molecule has 5 heteroatoms. The zero-order valence-corrected chi connectivity index (χ0v) is 8.08. The summed E-state index contributed by atoms with van der Waals surface area (Å²) in [6, 6.07) is 0. The smallest absolute Gasteiger partial charge is 0.358 e. The van der Waals surface area contributed by atoms with Crippen LogP contribution in [-0.2, 0) is 4.74 Å². The molecule has 4 nitrogen and oxygen atoms in total. The van der Waals surface area contributed by atoms with Crippen molar-refractivity contribution in [3.63, 3.8) is 0 Å². The fraction of sp³-hybridized carbons (Fsp3) is 0.375. The summed E-state index contributed by atoms with van der Waals surface area (Å²) >= 11 is 5.50. The van der Waals surface area contributed by atoms with Crippen molar-refractivity contribution in [1.29, 1.82) is 0 Å². The summed E-state index contributed by atoms with van der Waals surface area (Å²) in [7, 11) is 0. The van der Waals surface area contributed by atoms with Gasteiger partial charge < -0.3 is 4.74 Å². The predicted octanol–water partition coefficient (Wildman–Crippen LogP) is 1.70. The summed E-state index contributed by atoms with van der Waals surface area (Å²) in [4.78, 5) is 18.7. The van der Waals surface area contributed by atoms with Gasteiger partial charge in [-0.1, -0.05) is 11.6 Å². The molecular weight excluding hydrogens is 192 g/mol. The molecule has 0 spiro atoms. The Morgan fingerprint density at radius 3 is 2.62 bits per heavy atom. The van der Waals surface area contributed by atoms with E-state index in [9.17, 15) is 4.79 Å². The lowest BCUT2D eigenvalue weighted by molar-refractivity contribution is 0.0370. The molecule has 0 aliphatic carbocycles. The molecule has 0 saturated heterocycles. The first-order chi connectivity index (χ1) is 6.09. The maximum Gasteiger partial charge on any atom is 0.358 e. The van der Waals surface area contributed by atoms with Crippen LogP contribution in [0.1, 0.15) is 24.3 Å². The highest BCUT2D eigenvalue weighted by molar-refractivity contribution is 6.29. The van der Waals surface area contributed by atoms with Gasteiger partial charge in [-0.3, -0.25) is 0 Å². The molecule has 0 aromatic carbocycles. The molecule has 0 fully saturated rings. The van der Waals surface area contributed by atoms with E-state index in [0.717, 1.165) is 0 Å². The summed E-state index contributed by atoms with van der Waals surface area (Å²) in [5.74, 6) is -0.487. The van der Waals surface area contributed by atoms with E-state index in [1.165, 1.54) is 12.4 Å². The van der Waals surface area contributed by atoms with E-state index in [1.807, 2.05) is 0 Å². The van der Waals surface area contributed by atoms with E-state index in [2.05, 4.69) is 9.97 Å². The first-order valence-electron chi connectivity index (χ1n) is 3.78. The van der Waals surface area contributed by atoms with Crippen molar-refractivity contribution >= 4 is 17.6 Å². The maximum absolute atomic E-state index is 11.2. The highest BCUT2D eigenvalue weighted by atomic mass is 35.5. The topological polar surface area (TPSA) is 52.1 Å². The number of rotatable bonds is 2. The molecule has 0 bridgehead atoms. The van der Waals surface area contributed by atoms with Crippen molar-refractivity contribution in [1.82, 2.24) is 9.97 Å². The number of hydrogen-bond acceptors (Lipinski definition) is 4. The van der Waals surface area contributed by atoms with Gasteiger partial charge >= 0.3 is 5.97 Å². The van der Waals surface area contributed by atoms with Gasteiger partial charge in [-0.25, -0.2) is 14.8 Å². The van der Waals surface area contributed by atoms with Crippen LogP contribution in [0.25, 0.3) is 0 Å². The molecule has 0 saturated carbocycles. The van der Waals surface area contributed by atoms with Crippen LogP contribution in [0.4, 0.5) is 0 Å². The average Bonchev–Trinajstić information content (AvgIpc) is 2.04. The van der Waals surface area contributed by atoms with Crippen LogP contribution in [0.15, 0.2) is 12.4 Å². The van der Waals surface area contributed by atoms with Crippen LogP contribution in [-0.4, -0.2) is 22.0 Å². The molecule has 1 heterocycles. The first-order valence-corrected chi connectivity index (χ1v) is 4.16. The molecule has 13 heavy (non-hydrogen) atoms. The zero-order valence-electron chi connectivity index (χ0n) is 7.32. The Kier molecular flexibility index (Phi) is 3.19. The highest BCUT2D eigenvalue weighted by Gasteiger charge is 2.10. The van der Waals surface area contributed by atoms with Crippen LogP contribution in [0.2, 0.25) is 5.15 Å². The minimum atomic E-state index is -0.487. The van der Waals surface area contributed by atoms with Gasteiger partial charge in [-0.15, -0.1) is 0 Å². The largest absolute Gasteiger partial charge is 0.458 e. The van der Waals surface area contributed by atoms with Gasteiger partial charge in [-0.05, 0) is 13.8 Å². The maximum atomic E-state index is 11.2. The molecule has 0 radical (unpaired) electrons. The molecular formula is C8H9ClN2O2. The molecule has 0 N–H and O–H groups in total. The van der Waals surface area contributed by atoms with Crippen molar-refractivity contribution in [3.05, 3.63) is 23.2 Å². The van der Waals surface area contributed by atoms with E-state index >= 15 is 0 Å². The van der Waals surface area contributed by atoms with Gasteiger partial charge in [0.2, 0.25) is 0 Å². The molecule has 0 aliphatic rings. The summed E-state index contributed by atoms with van der Waals surface area (Å²) in [5.41, 5.74) is 0.165. The number of hydrogen-bond donors (Lipinski definition) is 0. The number of aromatic nitrogens is 2. The van der Waals surface area contributed by atoms with E-state index in [-0.39, 0.29) is 17.0 Å². The molecule has 70 valence electrons. The summed E-state index contributed by atoms with van der Waals surface area (Å²) in [6.07, 6.45) is 2.43. The molecule has 0 amide bonds. The Morgan fingerprint density at radius 1 is 1.46 bits per heavy atom. The zero-order chi connectivity index (χ0) is 9.84. The quantitative estimate of drug-likeness (QED) is 0.682. The Hall–Kier alpha value is -1.16. The third-order valence-electron chi connectivity index (χ3n) is 1.17. The van der Waals surface area contributed by atoms with Gasteiger partial charge in [0, 0.05) is 0 Å². The van der Waals surface area contributed by atoms with Crippen LogP contribution >= 0.6 is 11.6 Å². The Morgan fingerprint density at radius 2 is 2.15 bits per heavy atom. The summed E-state index contributed by atoms with van der Waals surface area (Å²) in [5, 5.41) is 0.251. The van der Waals surface area contributed by atoms with Crippen molar-refractivity contribution < 1.29 is 9.53 Å². The number of ether oxygens (including phenoxy) is 1. The third kappa shape index (κ3) is 2.99. The monoisotopic (exact) mass is 200 g/mol. The first kappa shape index (κ1) is 9.92. The summed E-state index contributed by atoms with van der Waals surface area (Å²) in [6.45, 7) is 3.53. The van der Waals surface area contributed by atoms with Gasteiger partial charge in [0.25, 0.3) is 0 Å². The van der Waals surface area contributed by atoms with E-state index in [4.69, 9.17) is 16.3 Å². The van der Waals surface area contributed by atoms with Crippen LogP contribution in [0.3, 0.4) is 0 Å². The Bertz CT molecular complexity index is 298. The van der Waals surface area contributed by atoms with Gasteiger partial charge in [-0.2, -0.15) is 0 Å². The van der Waals surface area contributed by atoms with Crippen LogP contribution in [0.5, 0.6) is 0 Å². The standard InChI is InChI=1S/C8H9ClN2O2/c1-5(2)13-8(12)6-3-11-7(9)4-10-6/h3-5H,1-2H3. The van der Waals surface area contributed by atoms with Crippen molar-refractivity contribution in [2.75, 3.05) is 0 Å². The Balaban J connectivity index is 2.72. The van der Waals surface area contributed by atoms with E-state index in [1.54, 1.807) is 13.8 Å². The molecule has 1 aromatic heterocycles. The highest BCUT2D eigenvalue weighted by Crippen LogP contribution is 2.03. The lowest BCUT2D eigenvalue weighted by Gasteiger charge is -2.06. The normalized spacial score (nSPS) is 10.2. The number of halogens is 1. The minimum absolute atomic E-state index is 0.162. The SMILES string of the molecule is CC(C)OC(=O)c1cnc(Cl)cn1. The number of carbonyl (C=O) groups excluding carboxylic acids is 1. The van der Waals surface area contributed by atoms with Crippen molar-refractivity contribution in [2.24, 2.45) is 0 Å². The summed E-state index contributed by atoms with van der Waals surface area (Å²) < 4.78 is 4.89. The average molecular weight is 201 g/mol. The Labute approximate surface area is 80.9 Å². The van der Waals surface area contributed by atoms with Crippen LogP contribution in [0, 0.1) is 0 Å². The third-order valence-corrected chi connectivity index (χ3v) is 1.37. The molecule has 0 unspecified atom stereocenters. The van der Waals surface area contributed by atoms with Gasteiger partial charge in [0.15, 0.2) is 5.69 Å². The molecule has 1 rings (SSSR count). The van der Waals surface area contributed by atoms with Crippen molar-refractivity contribution in [3.8, 4) is 0 Å². The lowest BCUT2D eigenvalue weighted by Crippen LogP contribution is -2.13. The fourth-order valence-corrected chi connectivity index (χ4v) is 0.790. The number of nitrogens with zero attached hydrogens (tertiary/aromatic N) is 2. The minimum Gasteiger partial charge on any atom is -0.458 e. The van der Waals surface area contributed by atoms with E-state index < -0.39 is 5.97 Å². The molecule has 1 aromatic rings. The second-order valence-corrected chi connectivity index (χ2v) is 3.07. The lowest BCUT2D eigenvalue weighted by atomic mass is 10.4. The van der Waals surface area contributed by atoms with Gasteiger partial charge in [0.05, 0.1) is 18.5 Å². The fourth-order valence-electron chi connectivity index (χ4n) is 0.692. The second kappa shape index (κ2) is 4.18. The number of carbonyl (C=O) groups is 1. The van der Waals surface area contributed by atoms with Crippen LogP contribution < -0.4 is 0 Å². The van der Waals surface area contributed by atoms with Gasteiger partial charge in [0.1, 0.15) is 5.15 Å². The molecule has 0 atom stereocenters. The van der Waals surface area contributed by atoms with Crippen molar-refractivity contribution in [2.45, 2.75) is 20.0 Å². The van der Waals surface area contributed by atoms with E-state index in [0.29, 0.717) is 0 Å². The second-order valence-electron chi connectivity index (χ2n) is 2.68. The number of esters is 1.